The number of nitrogens with zero attached hydrogens (tertiary/aromatic N) is 3. The molecule has 4 atom stereocenters. The fourth-order valence-corrected chi connectivity index (χ4v) is 4.53. The molecule has 0 radical (unpaired) electrons. The van der Waals surface area contributed by atoms with E-state index in [4.69, 9.17) is 0 Å². The number of carbonyl (C=O) groups is 1. The number of carbonyl (C=O) groups excluding carboxylic acids is 1. The van der Waals surface area contributed by atoms with Gasteiger partial charge in [0.25, 0.3) is 0 Å². The van der Waals surface area contributed by atoms with Gasteiger partial charge in [-0.1, -0.05) is 19.1 Å². The summed E-state index contributed by atoms with van der Waals surface area (Å²) in [5, 5.41) is 7.62. The summed E-state index contributed by atoms with van der Waals surface area (Å²) >= 11 is 0. The average molecular weight is 356 g/mol. The smallest absolute Gasteiger partial charge is 0.228 e. The minimum Gasteiger partial charge on any atom is -0.335 e. The molecule has 1 aromatic heterocycles. The van der Waals surface area contributed by atoms with E-state index >= 15 is 0 Å². The molecule has 26 heavy (non-hydrogen) atoms. The summed E-state index contributed by atoms with van der Waals surface area (Å²) in [6, 6.07) is 6.63. The molecule has 0 spiro atoms. The topological polar surface area (TPSA) is 50.2 Å². The van der Waals surface area contributed by atoms with Crippen LogP contribution in [0.25, 0.3) is 0 Å². The first kappa shape index (κ1) is 17.2. The molecule has 2 aromatic rings. The van der Waals surface area contributed by atoms with E-state index in [1.807, 2.05) is 30.4 Å². The Labute approximate surface area is 153 Å². The quantitative estimate of drug-likeness (QED) is 0.919. The van der Waals surface area contributed by atoms with E-state index in [2.05, 4.69) is 17.3 Å². The second-order valence-electron chi connectivity index (χ2n) is 7.62. The molecule has 2 unspecified atom stereocenters. The number of hydrogen-bond acceptors (Lipinski definition) is 3. The first-order valence-electron chi connectivity index (χ1n) is 9.30. The molecular formula is C20H25FN4O. The Hall–Kier alpha value is -2.21. The van der Waals surface area contributed by atoms with Crippen LogP contribution in [0.15, 0.2) is 36.7 Å². The summed E-state index contributed by atoms with van der Waals surface area (Å²) < 4.78 is 15.5. The Balaban J connectivity index is 1.60. The zero-order chi connectivity index (χ0) is 18.3. The third-order valence-corrected chi connectivity index (χ3v) is 5.86. The van der Waals surface area contributed by atoms with Crippen LogP contribution in [-0.2, 0) is 11.8 Å². The van der Waals surface area contributed by atoms with Crippen LogP contribution in [0, 0.1) is 17.7 Å². The fraction of sp³-hybridized carbons (Fsp3) is 0.500. The van der Waals surface area contributed by atoms with E-state index in [9.17, 15) is 9.18 Å². The highest BCUT2D eigenvalue weighted by Crippen LogP contribution is 2.40. The molecule has 0 aliphatic carbocycles. The maximum absolute atomic E-state index is 13.7. The van der Waals surface area contributed by atoms with Crippen molar-refractivity contribution in [3.8, 4) is 0 Å². The molecule has 1 amide bonds. The molecule has 0 saturated carbocycles. The van der Waals surface area contributed by atoms with Crippen LogP contribution in [0.4, 0.5) is 4.39 Å². The first-order chi connectivity index (χ1) is 12.5. The molecule has 2 aliphatic heterocycles. The Morgan fingerprint density at radius 2 is 2.15 bits per heavy atom. The molecule has 2 saturated heterocycles. The van der Waals surface area contributed by atoms with E-state index in [1.54, 1.807) is 16.8 Å². The molecule has 2 aliphatic rings. The van der Waals surface area contributed by atoms with Crippen LogP contribution < -0.4 is 5.32 Å². The average Bonchev–Trinajstić information content (AvgIpc) is 3.33. The van der Waals surface area contributed by atoms with Crippen molar-refractivity contribution in [3.63, 3.8) is 0 Å². The third-order valence-electron chi connectivity index (χ3n) is 5.86. The number of benzene rings is 1. The highest BCUT2D eigenvalue weighted by Gasteiger charge is 2.42. The van der Waals surface area contributed by atoms with Crippen molar-refractivity contribution in [1.29, 1.82) is 0 Å². The standard InChI is InChI=1S/C20H25FN4O/c1-13-6-7-25(19(13)14-4-3-5-16(21)8-14)20(26)18-11-22-10-17(18)15-9-23-24(2)12-15/h3-5,8-9,12-13,17-19,22H,6-7,10-11H2,1-2H3/t13?,17-,18+,19?/m1/s1. The lowest BCUT2D eigenvalue weighted by Crippen LogP contribution is -2.39. The SMILES string of the molecule is CC1CCN(C(=O)[C@H]2CNC[C@@H]2c2cnn(C)c2)C1c1cccc(F)c1. The molecule has 2 fully saturated rings. The second kappa shape index (κ2) is 6.83. The summed E-state index contributed by atoms with van der Waals surface area (Å²) in [5.74, 6) is 0.292. The Bertz CT molecular complexity index is 805. The Morgan fingerprint density at radius 3 is 2.88 bits per heavy atom. The minimum absolute atomic E-state index is 0.0478. The normalized spacial score (nSPS) is 28.7. The van der Waals surface area contributed by atoms with Crippen molar-refractivity contribution < 1.29 is 9.18 Å². The number of amides is 1. The van der Waals surface area contributed by atoms with Crippen molar-refractivity contribution in [2.75, 3.05) is 19.6 Å². The predicted molar refractivity (Wildman–Crippen MR) is 96.9 cm³/mol. The number of likely N-dealkylation sites (tertiary alicyclic amines) is 1. The molecule has 6 heteroatoms. The third kappa shape index (κ3) is 3.03. The van der Waals surface area contributed by atoms with Crippen LogP contribution >= 0.6 is 0 Å². The van der Waals surface area contributed by atoms with Crippen molar-refractivity contribution in [2.45, 2.75) is 25.3 Å². The summed E-state index contributed by atoms with van der Waals surface area (Å²) in [4.78, 5) is 15.4. The lowest BCUT2D eigenvalue weighted by Gasteiger charge is -2.31. The van der Waals surface area contributed by atoms with E-state index in [0.717, 1.165) is 30.6 Å². The van der Waals surface area contributed by atoms with Crippen LogP contribution in [0.1, 0.15) is 36.4 Å². The maximum Gasteiger partial charge on any atom is 0.228 e. The zero-order valence-corrected chi connectivity index (χ0v) is 15.2. The van der Waals surface area contributed by atoms with Crippen molar-refractivity contribution >= 4 is 5.91 Å². The number of hydrogen-bond donors (Lipinski definition) is 1. The molecule has 1 N–H and O–H groups in total. The summed E-state index contributed by atoms with van der Waals surface area (Å²) in [7, 11) is 1.89. The molecule has 1 aromatic carbocycles. The number of nitrogens with one attached hydrogen (secondary N) is 1. The van der Waals surface area contributed by atoms with Gasteiger partial charge in [-0.05, 0) is 35.6 Å². The molecular weight excluding hydrogens is 331 g/mol. The van der Waals surface area contributed by atoms with Gasteiger partial charge >= 0.3 is 0 Å². The van der Waals surface area contributed by atoms with Crippen LogP contribution in [0.3, 0.4) is 0 Å². The number of halogens is 1. The van der Waals surface area contributed by atoms with E-state index in [-0.39, 0.29) is 29.6 Å². The molecule has 4 rings (SSSR count). The van der Waals surface area contributed by atoms with Crippen molar-refractivity contribution in [2.24, 2.45) is 18.9 Å². The summed E-state index contributed by atoms with van der Waals surface area (Å²) in [5.41, 5.74) is 2.00. The highest BCUT2D eigenvalue weighted by atomic mass is 19.1. The fourth-order valence-electron chi connectivity index (χ4n) is 4.53. The van der Waals surface area contributed by atoms with E-state index in [1.165, 1.54) is 6.07 Å². The predicted octanol–water partition coefficient (Wildman–Crippen LogP) is 2.47. The van der Waals surface area contributed by atoms with Gasteiger partial charge in [-0.25, -0.2) is 4.39 Å². The van der Waals surface area contributed by atoms with Crippen LogP contribution in [0.5, 0.6) is 0 Å². The number of rotatable bonds is 3. The van der Waals surface area contributed by atoms with E-state index in [0.29, 0.717) is 12.5 Å². The summed E-state index contributed by atoms with van der Waals surface area (Å²) in [6.45, 7) is 4.35. The van der Waals surface area contributed by atoms with Gasteiger partial charge in [-0.15, -0.1) is 0 Å². The zero-order valence-electron chi connectivity index (χ0n) is 15.2. The van der Waals surface area contributed by atoms with Gasteiger partial charge < -0.3 is 10.2 Å². The highest BCUT2D eigenvalue weighted by molar-refractivity contribution is 5.81. The Morgan fingerprint density at radius 1 is 1.31 bits per heavy atom. The van der Waals surface area contributed by atoms with E-state index < -0.39 is 0 Å². The molecule has 138 valence electrons. The second-order valence-corrected chi connectivity index (χ2v) is 7.62. The summed E-state index contributed by atoms with van der Waals surface area (Å²) in [6.07, 6.45) is 4.80. The van der Waals surface area contributed by atoms with Gasteiger partial charge in [-0.2, -0.15) is 5.10 Å². The lowest BCUT2D eigenvalue weighted by atomic mass is 9.88. The monoisotopic (exact) mass is 356 g/mol. The lowest BCUT2D eigenvalue weighted by molar-refractivity contribution is -0.136. The van der Waals surface area contributed by atoms with Gasteiger partial charge in [-0.3, -0.25) is 9.48 Å². The minimum atomic E-state index is -0.246. The van der Waals surface area contributed by atoms with Gasteiger partial charge in [0.15, 0.2) is 0 Å². The van der Waals surface area contributed by atoms with Gasteiger partial charge in [0.2, 0.25) is 5.91 Å². The van der Waals surface area contributed by atoms with Crippen LogP contribution in [-0.4, -0.2) is 40.2 Å². The Kier molecular flexibility index (Phi) is 4.53. The number of aromatic nitrogens is 2. The van der Waals surface area contributed by atoms with Gasteiger partial charge in [0, 0.05) is 38.8 Å². The van der Waals surface area contributed by atoms with Crippen molar-refractivity contribution in [1.82, 2.24) is 20.0 Å². The van der Waals surface area contributed by atoms with Gasteiger partial charge in [0.1, 0.15) is 5.82 Å². The largest absolute Gasteiger partial charge is 0.335 e. The maximum atomic E-state index is 13.7. The molecule has 5 nitrogen and oxygen atoms in total. The van der Waals surface area contributed by atoms with Crippen molar-refractivity contribution in [3.05, 3.63) is 53.6 Å². The first-order valence-corrected chi connectivity index (χ1v) is 9.30. The van der Waals surface area contributed by atoms with Gasteiger partial charge in [0.05, 0.1) is 18.2 Å². The molecule has 3 heterocycles. The number of aryl methyl sites for hydroxylation is 1. The molecule has 0 bridgehead atoms. The van der Waals surface area contributed by atoms with Crippen LogP contribution in [0.2, 0.25) is 0 Å².